The SMILES string of the molecule is Cc1c(C(=O)Nc2ccc(F)cc2CC(=O)O)ccc(N2CCCCC2)c1NC(=O)c1nn(CC(F)(F)F)c2ccccc12. The van der Waals surface area contributed by atoms with Gasteiger partial charge in [-0.1, -0.05) is 18.2 Å². The Labute approximate surface area is 249 Å². The lowest BCUT2D eigenvalue weighted by molar-refractivity contribution is -0.142. The van der Waals surface area contributed by atoms with Crippen LogP contribution in [0.3, 0.4) is 0 Å². The highest BCUT2D eigenvalue weighted by Gasteiger charge is 2.31. The maximum atomic E-state index is 13.8. The number of aliphatic carboxylic acids is 1. The van der Waals surface area contributed by atoms with Gasteiger partial charge in [-0.15, -0.1) is 0 Å². The molecule has 2 amide bonds. The van der Waals surface area contributed by atoms with E-state index in [2.05, 4.69) is 20.6 Å². The first-order valence-corrected chi connectivity index (χ1v) is 13.9. The van der Waals surface area contributed by atoms with Crippen molar-refractivity contribution in [1.29, 1.82) is 0 Å². The van der Waals surface area contributed by atoms with E-state index in [0.29, 0.717) is 30.0 Å². The first-order chi connectivity index (χ1) is 20.9. The fourth-order valence-corrected chi connectivity index (χ4v) is 5.44. The Balaban J connectivity index is 1.53. The number of carboxylic acids is 1. The zero-order valence-corrected chi connectivity index (χ0v) is 23.7. The normalized spacial score (nSPS) is 13.6. The Hall–Kier alpha value is -4.94. The number of piperidine rings is 1. The number of fused-ring (bicyclic) bond motifs is 1. The van der Waals surface area contributed by atoms with Crippen molar-refractivity contribution < 1.29 is 37.1 Å². The predicted molar refractivity (Wildman–Crippen MR) is 157 cm³/mol. The molecule has 0 radical (unpaired) electrons. The number of carboxylic acid groups (broad SMARTS) is 1. The second-order valence-corrected chi connectivity index (χ2v) is 10.6. The van der Waals surface area contributed by atoms with Crippen molar-refractivity contribution in [2.45, 2.75) is 45.3 Å². The monoisotopic (exact) mass is 611 g/mol. The molecule has 1 aliphatic rings. The van der Waals surface area contributed by atoms with Crippen LogP contribution in [0.25, 0.3) is 10.9 Å². The van der Waals surface area contributed by atoms with Gasteiger partial charge in [-0.3, -0.25) is 19.1 Å². The molecule has 1 aromatic heterocycles. The molecule has 1 saturated heterocycles. The van der Waals surface area contributed by atoms with E-state index >= 15 is 0 Å². The maximum absolute atomic E-state index is 13.8. The van der Waals surface area contributed by atoms with Crippen molar-refractivity contribution in [3.8, 4) is 0 Å². The summed E-state index contributed by atoms with van der Waals surface area (Å²) in [6.45, 7) is 1.65. The number of nitrogens with zero attached hydrogens (tertiary/aromatic N) is 3. The molecule has 5 rings (SSSR count). The van der Waals surface area contributed by atoms with Gasteiger partial charge in [0.25, 0.3) is 11.8 Å². The zero-order chi connectivity index (χ0) is 31.6. The van der Waals surface area contributed by atoms with E-state index in [1.165, 1.54) is 18.2 Å². The third-order valence-electron chi connectivity index (χ3n) is 7.48. The highest BCUT2D eigenvalue weighted by atomic mass is 19.4. The summed E-state index contributed by atoms with van der Waals surface area (Å²) >= 11 is 0. The molecule has 0 unspecified atom stereocenters. The van der Waals surface area contributed by atoms with Gasteiger partial charge in [-0.05, 0) is 73.7 Å². The molecule has 0 atom stereocenters. The highest BCUT2D eigenvalue weighted by molar-refractivity contribution is 6.14. The Bertz CT molecular complexity index is 1750. The number of alkyl halides is 3. The summed E-state index contributed by atoms with van der Waals surface area (Å²) < 4.78 is 54.4. The van der Waals surface area contributed by atoms with Crippen LogP contribution in [0, 0.1) is 12.7 Å². The molecule has 230 valence electrons. The molecule has 0 bridgehead atoms. The van der Waals surface area contributed by atoms with E-state index in [9.17, 15) is 37.1 Å². The molecule has 1 fully saturated rings. The van der Waals surface area contributed by atoms with Crippen LogP contribution >= 0.6 is 0 Å². The minimum absolute atomic E-state index is 0.0725. The van der Waals surface area contributed by atoms with Gasteiger partial charge in [0, 0.05) is 29.7 Å². The van der Waals surface area contributed by atoms with Crippen LogP contribution in [-0.2, 0) is 17.8 Å². The minimum Gasteiger partial charge on any atom is -0.481 e. The lowest BCUT2D eigenvalue weighted by atomic mass is 10.0. The number of amides is 2. The van der Waals surface area contributed by atoms with Gasteiger partial charge >= 0.3 is 12.1 Å². The summed E-state index contributed by atoms with van der Waals surface area (Å²) in [5, 5.41) is 18.9. The number of para-hydroxylation sites is 1. The van der Waals surface area contributed by atoms with Crippen molar-refractivity contribution in [2.24, 2.45) is 0 Å². The Morgan fingerprint density at radius 3 is 2.39 bits per heavy atom. The molecule has 3 N–H and O–H groups in total. The molecular weight excluding hydrogens is 582 g/mol. The van der Waals surface area contributed by atoms with Crippen molar-refractivity contribution in [3.63, 3.8) is 0 Å². The smallest absolute Gasteiger partial charge is 0.408 e. The van der Waals surface area contributed by atoms with Crippen molar-refractivity contribution in [2.75, 3.05) is 28.6 Å². The van der Waals surface area contributed by atoms with Crippen molar-refractivity contribution in [3.05, 3.63) is 82.8 Å². The van der Waals surface area contributed by atoms with Gasteiger partial charge < -0.3 is 20.6 Å². The highest BCUT2D eigenvalue weighted by Crippen LogP contribution is 2.35. The standard InChI is InChI=1S/C31H29F4N5O4/c1-18-21(29(43)36-23-11-9-20(32)15-19(23)16-26(41)42)10-12-25(39-13-5-2-6-14-39)27(18)37-30(44)28-22-7-3-4-8-24(22)40(38-28)17-31(33,34)35/h3-4,7-12,15H,2,5-6,13-14,16-17H2,1H3,(H,36,43)(H,37,44)(H,41,42). The van der Waals surface area contributed by atoms with Gasteiger partial charge in [0.1, 0.15) is 12.4 Å². The summed E-state index contributed by atoms with van der Waals surface area (Å²) in [6, 6.07) is 12.8. The molecule has 9 nitrogen and oxygen atoms in total. The summed E-state index contributed by atoms with van der Waals surface area (Å²) in [7, 11) is 0. The van der Waals surface area contributed by atoms with Gasteiger partial charge in [0.05, 0.1) is 23.3 Å². The molecule has 0 aliphatic carbocycles. The average molecular weight is 612 g/mol. The topological polar surface area (TPSA) is 117 Å². The first-order valence-electron chi connectivity index (χ1n) is 13.9. The van der Waals surface area contributed by atoms with E-state index in [4.69, 9.17) is 0 Å². The van der Waals surface area contributed by atoms with Crippen LogP contribution < -0.4 is 15.5 Å². The van der Waals surface area contributed by atoms with Crippen LogP contribution in [0.4, 0.5) is 34.6 Å². The average Bonchev–Trinajstić information content (AvgIpc) is 3.32. The van der Waals surface area contributed by atoms with E-state index in [1.54, 1.807) is 31.2 Å². The van der Waals surface area contributed by atoms with Crippen LogP contribution in [0.2, 0.25) is 0 Å². The fraction of sp³-hybridized carbons (Fsp3) is 0.290. The van der Waals surface area contributed by atoms with Gasteiger partial charge in [0.15, 0.2) is 5.69 Å². The van der Waals surface area contributed by atoms with Gasteiger partial charge in [0.2, 0.25) is 0 Å². The van der Waals surface area contributed by atoms with Crippen LogP contribution in [0.15, 0.2) is 54.6 Å². The molecule has 0 saturated carbocycles. The quantitative estimate of drug-likeness (QED) is 0.205. The lowest BCUT2D eigenvalue weighted by Crippen LogP contribution is -2.31. The molecule has 4 aromatic rings. The fourth-order valence-electron chi connectivity index (χ4n) is 5.44. The predicted octanol–water partition coefficient (Wildman–Crippen LogP) is 6.17. The largest absolute Gasteiger partial charge is 0.481 e. The van der Waals surface area contributed by atoms with E-state index in [-0.39, 0.29) is 33.4 Å². The number of aromatic nitrogens is 2. The Morgan fingerprint density at radius 1 is 0.955 bits per heavy atom. The molecule has 0 spiro atoms. The molecule has 44 heavy (non-hydrogen) atoms. The van der Waals surface area contributed by atoms with Gasteiger partial charge in [-0.25, -0.2) is 4.39 Å². The van der Waals surface area contributed by atoms with E-state index < -0.39 is 42.7 Å². The van der Waals surface area contributed by atoms with E-state index in [1.807, 2.05) is 0 Å². The van der Waals surface area contributed by atoms with Crippen LogP contribution in [0.1, 0.15) is 51.2 Å². The number of anilines is 3. The van der Waals surface area contributed by atoms with Crippen molar-refractivity contribution in [1.82, 2.24) is 9.78 Å². The lowest BCUT2D eigenvalue weighted by Gasteiger charge is -2.31. The summed E-state index contributed by atoms with van der Waals surface area (Å²) in [5.41, 5.74) is 1.59. The summed E-state index contributed by atoms with van der Waals surface area (Å²) in [4.78, 5) is 40.5. The number of nitrogens with one attached hydrogen (secondary N) is 2. The second-order valence-electron chi connectivity index (χ2n) is 10.6. The number of carbonyl (C=O) groups excluding carboxylic acids is 2. The van der Waals surface area contributed by atoms with Crippen molar-refractivity contribution >= 4 is 45.7 Å². The Kier molecular flexibility index (Phi) is 8.56. The summed E-state index contributed by atoms with van der Waals surface area (Å²) in [5.74, 6) is -3.23. The van der Waals surface area contributed by atoms with Crippen LogP contribution in [0.5, 0.6) is 0 Å². The molecular formula is C31H29F4N5O4. The molecule has 13 heteroatoms. The number of hydrogen-bond donors (Lipinski definition) is 3. The van der Waals surface area contributed by atoms with Gasteiger partial charge in [-0.2, -0.15) is 18.3 Å². The molecule has 1 aliphatic heterocycles. The third kappa shape index (κ3) is 6.66. The number of benzene rings is 3. The minimum atomic E-state index is -4.56. The number of carbonyl (C=O) groups is 3. The Morgan fingerprint density at radius 2 is 1.68 bits per heavy atom. The van der Waals surface area contributed by atoms with E-state index in [0.717, 1.165) is 36.1 Å². The number of hydrogen-bond acceptors (Lipinski definition) is 5. The summed E-state index contributed by atoms with van der Waals surface area (Å²) in [6.07, 6.45) is -2.21. The molecule has 3 aromatic carbocycles. The zero-order valence-electron chi connectivity index (χ0n) is 23.7. The molecule has 2 heterocycles. The number of halogens is 4. The van der Waals surface area contributed by atoms with Crippen LogP contribution in [-0.4, -0.2) is 51.9 Å². The first kappa shape index (κ1) is 30.5. The number of rotatable bonds is 8. The maximum Gasteiger partial charge on any atom is 0.408 e. The second kappa shape index (κ2) is 12.3. The third-order valence-corrected chi connectivity index (χ3v) is 7.48.